The molecule has 0 aliphatic carbocycles. The number of nitrogens with zero attached hydrogens (tertiary/aromatic N) is 3. The molecule has 1 amide bonds. The second-order valence-electron chi connectivity index (χ2n) is 8.58. The van der Waals surface area contributed by atoms with Crippen molar-refractivity contribution in [3.8, 4) is 11.5 Å². The van der Waals surface area contributed by atoms with Gasteiger partial charge in [-0.1, -0.05) is 11.3 Å². The van der Waals surface area contributed by atoms with E-state index in [9.17, 15) is 18.0 Å². The second-order valence-corrected chi connectivity index (χ2v) is 11.6. The van der Waals surface area contributed by atoms with E-state index in [-0.39, 0.29) is 34.5 Å². The summed E-state index contributed by atoms with van der Waals surface area (Å²) in [5.41, 5.74) is 0.809. The zero-order valence-electron chi connectivity index (χ0n) is 21.5. The minimum Gasteiger partial charge on any atom is -0.493 e. The number of methoxy groups -OCH3 is 3. The third-order valence-electron chi connectivity index (χ3n) is 6.19. The summed E-state index contributed by atoms with van der Waals surface area (Å²) in [5, 5.41) is 0. The Morgan fingerprint density at radius 1 is 1.13 bits per heavy atom. The zero-order chi connectivity index (χ0) is 27.4. The highest BCUT2D eigenvalue weighted by atomic mass is 32.2. The molecule has 4 rings (SSSR count). The van der Waals surface area contributed by atoms with Gasteiger partial charge in [0.25, 0.3) is 5.91 Å². The highest BCUT2D eigenvalue weighted by molar-refractivity contribution is 7.89. The number of carbonyl (C=O) groups is 2. The number of ether oxygens (including phenoxy) is 4. The van der Waals surface area contributed by atoms with Gasteiger partial charge in [-0.2, -0.15) is 9.30 Å². The Kier molecular flexibility index (Phi) is 8.51. The fourth-order valence-corrected chi connectivity index (χ4v) is 6.34. The van der Waals surface area contributed by atoms with Gasteiger partial charge in [-0.3, -0.25) is 9.59 Å². The molecule has 0 N–H and O–H groups in total. The number of hydrogen-bond donors (Lipinski definition) is 0. The van der Waals surface area contributed by atoms with E-state index in [0.717, 1.165) is 12.8 Å². The first-order valence-electron chi connectivity index (χ1n) is 11.8. The fourth-order valence-electron chi connectivity index (χ4n) is 4.10. The van der Waals surface area contributed by atoms with Crippen LogP contribution in [-0.2, 0) is 30.8 Å². The Hall–Kier alpha value is -3.26. The average Bonchev–Trinajstić information content (AvgIpc) is 3.55. The number of aromatic nitrogens is 1. The minimum absolute atomic E-state index is 0.0661. The van der Waals surface area contributed by atoms with Crippen molar-refractivity contribution < 1.29 is 37.0 Å². The lowest BCUT2D eigenvalue weighted by Crippen LogP contribution is -2.34. The van der Waals surface area contributed by atoms with Crippen LogP contribution in [0.5, 0.6) is 11.5 Å². The van der Waals surface area contributed by atoms with Gasteiger partial charge in [0.2, 0.25) is 10.0 Å². The first kappa shape index (κ1) is 27.8. The smallest absolute Gasteiger partial charge is 0.325 e. The van der Waals surface area contributed by atoms with Crippen LogP contribution in [-0.4, -0.2) is 76.8 Å². The van der Waals surface area contributed by atoms with Gasteiger partial charge in [-0.15, -0.1) is 0 Å². The third-order valence-corrected chi connectivity index (χ3v) is 9.07. The zero-order valence-corrected chi connectivity index (χ0v) is 23.1. The van der Waals surface area contributed by atoms with Crippen molar-refractivity contribution in [2.75, 3.05) is 41.5 Å². The molecule has 1 atom stereocenters. The molecule has 204 valence electrons. The molecular weight excluding hydrogens is 534 g/mol. The first-order valence-corrected chi connectivity index (χ1v) is 14.0. The number of likely N-dealkylation sites (N-methyl/N-ethyl adjacent to an activating group) is 1. The predicted molar refractivity (Wildman–Crippen MR) is 140 cm³/mol. The maximum atomic E-state index is 13.1. The van der Waals surface area contributed by atoms with Crippen molar-refractivity contribution in [2.45, 2.75) is 30.4 Å². The van der Waals surface area contributed by atoms with Gasteiger partial charge in [0.1, 0.15) is 6.54 Å². The fraction of sp³-hybridized carbons (Fsp3) is 0.400. The Morgan fingerprint density at radius 2 is 1.82 bits per heavy atom. The number of fused-ring (bicyclic) bond motifs is 1. The van der Waals surface area contributed by atoms with Gasteiger partial charge in [0, 0.05) is 37.9 Å². The van der Waals surface area contributed by atoms with E-state index in [1.54, 1.807) is 16.7 Å². The summed E-state index contributed by atoms with van der Waals surface area (Å²) in [6.07, 6.45) is 1.62. The van der Waals surface area contributed by atoms with E-state index in [0.29, 0.717) is 28.3 Å². The van der Waals surface area contributed by atoms with Gasteiger partial charge >= 0.3 is 5.97 Å². The van der Waals surface area contributed by atoms with Crippen molar-refractivity contribution in [1.29, 1.82) is 0 Å². The van der Waals surface area contributed by atoms with Crippen molar-refractivity contribution in [1.82, 2.24) is 8.87 Å². The van der Waals surface area contributed by atoms with E-state index >= 15 is 0 Å². The standard InChI is InChI=1S/C25H29N3O8S2/c1-27(14-17-6-5-11-36-17)38(31,32)18-9-7-16(8-10-18)24(30)26-25-28(15-23(29)35-4)19-12-20(33-2)21(34-3)13-22(19)37-25/h7-10,12-13,17H,5-6,11,14-15H2,1-4H3. The normalized spacial score (nSPS) is 16.2. The molecule has 0 bridgehead atoms. The van der Waals surface area contributed by atoms with Crippen LogP contribution >= 0.6 is 11.3 Å². The number of carbonyl (C=O) groups excluding carboxylic acids is 2. The summed E-state index contributed by atoms with van der Waals surface area (Å²) in [6, 6.07) is 9.04. The molecule has 1 saturated heterocycles. The lowest BCUT2D eigenvalue weighted by Gasteiger charge is -2.20. The van der Waals surface area contributed by atoms with Crippen LogP contribution in [0.4, 0.5) is 0 Å². The van der Waals surface area contributed by atoms with Crippen molar-refractivity contribution in [3.63, 3.8) is 0 Å². The topological polar surface area (TPSA) is 126 Å². The van der Waals surface area contributed by atoms with Crippen LogP contribution in [0.3, 0.4) is 0 Å². The molecule has 0 saturated carbocycles. The number of benzene rings is 2. The van der Waals surface area contributed by atoms with Crippen LogP contribution < -0.4 is 14.3 Å². The van der Waals surface area contributed by atoms with Crippen LogP contribution in [0.25, 0.3) is 10.2 Å². The molecule has 11 nitrogen and oxygen atoms in total. The molecule has 1 aliphatic heterocycles. The summed E-state index contributed by atoms with van der Waals surface area (Å²) >= 11 is 1.19. The molecule has 1 fully saturated rings. The summed E-state index contributed by atoms with van der Waals surface area (Å²) in [6.45, 7) is 0.728. The van der Waals surface area contributed by atoms with Gasteiger partial charge in [-0.05, 0) is 37.1 Å². The molecule has 38 heavy (non-hydrogen) atoms. The van der Waals surface area contributed by atoms with Crippen molar-refractivity contribution in [2.24, 2.45) is 4.99 Å². The van der Waals surface area contributed by atoms with Crippen LogP contribution in [0, 0.1) is 0 Å². The van der Waals surface area contributed by atoms with E-state index in [4.69, 9.17) is 18.9 Å². The van der Waals surface area contributed by atoms with Gasteiger partial charge in [-0.25, -0.2) is 8.42 Å². The van der Waals surface area contributed by atoms with Crippen molar-refractivity contribution >= 4 is 43.5 Å². The molecule has 1 aliphatic rings. The second kappa shape index (κ2) is 11.6. The predicted octanol–water partition coefficient (Wildman–Crippen LogP) is 2.43. The van der Waals surface area contributed by atoms with Crippen molar-refractivity contribution in [3.05, 3.63) is 46.8 Å². The largest absolute Gasteiger partial charge is 0.493 e. The lowest BCUT2D eigenvalue weighted by atomic mass is 10.2. The highest BCUT2D eigenvalue weighted by Gasteiger charge is 2.26. The Morgan fingerprint density at radius 3 is 2.42 bits per heavy atom. The van der Waals surface area contributed by atoms with E-state index in [1.165, 1.54) is 68.3 Å². The van der Waals surface area contributed by atoms with E-state index in [1.807, 2.05) is 0 Å². The number of sulfonamides is 1. The van der Waals surface area contributed by atoms with E-state index < -0.39 is 21.9 Å². The maximum Gasteiger partial charge on any atom is 0.325 e. The molecule has 2 aromatic carbocycles. The molecule has 13 heteroatoms. The Balaban J connectivity index is 1.66. The SMILES string of the molecule is COC(=O)Cn1c(=NC(=O)c2ccc(S(=O)(=O)N(C)CC3CCCO3)cc2)sc2cc(OC)c(OC)cc21. The van der Waals surface area contributed by atoms with Gasteiger partial charge < -0.3 is 23.5 Å². The quantitative estimate of drug-likeness (QED) is 0.364. The molecule has 3 aromatic rings. The molecule has 1 unspecified atom stereocenters. The van der Waals surface area contributed by atoms with Crippen LogP contribution in [0.2, 0.25) is 0 Å². The van der Waals surface area contributed by atoms with E-state index in [2.05, 4.69) is 4.99 Å². The average molecular weight is 564 g/mol. The number of thiazole rings is 1. The number of hydrogen-bond acceptors (Lipinski definition) is 9. The summed E-state index contributed by atoms with van der Waals surface area (Å²) in [7, 11) is 2.05. The highest BCUT2D eigenvalue weighted by Crippen LogP contribution is 2.33. The molecule has 0 spiro atoms. The third kappa shape index (κ3) is 5.75. The number of amides is 1. The van der Waals surface area contributed by atoms with Gasteiger partial charge in [0.15, 0.2) is 16.3 Å². The number of rotatable bonds is 9. The summed E-state index contributed by atoms with van der Waals surface area (Å²) in [4.78, 5) is 29.7. The molecule has 2 heterocycles. The molecular formula is C25H29N3O8S2. The Bertz CT molecular complexity index is 1500. The Labute approximate surface area is 224 Å². The minimum atomic E-state index is -3.75. The lowest BCUT2D eigenvalue weighted by molar-refractivity contribution is -0.141. The van der Waals surface area contributed by atoms with Gasteiger partial charge in [0.05, 0.1) is 42.5 Å². The first-order chi connectivity index (χ1) is 18.2. The maximum absolute atomic E-state index is 13.1. The molecule has 0 radical (unpaired) electrons. The number of esters is 1. The van der Waals surface area contributed by atoms with Crippen LogP contribution in [0.15, 0.2) is 46.3 Å². The summed E-state index contributed by atoms with van der Waals surface area (Å²) < 4.78 is 50.6. The monoisotopic (exact) mass is 563 g/mol. The van der Waals surface area contributed by atoms with Crippen LogP contribution in [0.1, 0.15) is 23.2 Å². The molecule has 1 aromatic heterocycles. The summed E-state index contributed by atoms with van der Waals surface area (Å²) in [5.74, 6) is -0.165.